The Morgan fingerprint density at radius 2 is 1.91 bits per heavy atom. The van der Waals surface area contributed by atoms with E-state index in [1.807, 2.05) is 31.2 Å². The molecule has 4 aromatic rings. The summed E-state index contributed by atoms with van der Waals surface area (Å²) in [4.78, 5) is 38.8. The van der Waals surface area contributed by atoms with Crippen LogP contribution >= 0.6 is 22.7 Å². The van der Waals surface area contributed by atoms with Crippen LogP contribution in [0.4, 0.5) is 10.8 Å². The lowest BCUT2D eigenvalue weighted by Gasteiger charge is -2.26. The van der Waals surface area contributed by atoms with E-state index in [4.69, 9.17) is 9.72 Å². The van der Waals surface area contributed by atoms with Crippen molar-refractivity contribution in [1.82, 2.24) is 14.5 Å². The number of aromatic nitrogens is 3. The van der Waals surface area contributed by atoms with Crippen molar-refractivity contribution >= 4 is 49.6 Å². The van der Waals surface area contributed by atoms with Gasteiger partial charge in [0.2, 0.25) is 0 Å². The van der Waals surface area contributed by atoms with E-state index >= 15 is 0 Å². The molecule has 34 heavy (non-hydrogen) atoms. The van der Waals surface area contributed by atoms with Crippen molar-refractivity contribution in [3.05, 3.63) is 56.3 Å². The molecule has 0 spiro atoms. The summed E-state index contributed by atoms with van der Waals surface area (Å²) in [5.74, 6) is 0.598. The number of thiazole rings is 1. The first-order valence-corrected chi connectivity index (χ1v) is 13.0. The van der Waals surface area contributed by atoms with Crippen LogP contribution in [0.1, 0.15) is 27.5 Å². The Morgan fingerprint density at radius 1 is 1.12 bits per heavy atom. The van der Waals surface area contributed by atoms with E-state index in [1.54, 1.807) is 15.9 Å². The van der Waals surface area contributed by atoms with E-state index in [0.717, 1.165) is 61.4 Å². The number of anilines is 2. The number of hydrogen-bond donors (Lipinski definition) is 1. The largest absolute Gasteiger partial charge is 0.378 e. The SMILES string of the molecule is Cc1c(C(=O)Nc2ccc(-c3csc(N4CCOCC4)n3)cc2)sc2nc3n(c(=O)c12)CCC3. The number of nitrogens with one attached hydrogen (secondary N) is 1. The molecular formula is C24H23N5O3S2. The van der Waals surface area contributed by atoms with Crippen LogP contribution in [-0.2, 0) is 17.7 Å². The molecule has 5 heterocycles. The highest BCUT2D eigenvalue weighted by Gasteiger charge is 2.23. The molecule has 0 bridgehead atoms. The molecule has 8 nitrogen and oxygen atoms in total. The molecule has 1 N–H and O–H groups in total. The molecule has 3 aromatic heterocycles. The summed E-state index contributed by atoms with van der Waals surface area (Å²) in [5.41, 5.74) is 3.28. The van der Waals surface area contributed by atoms with Gasteiger partial charge in [-0.2, -0.15) is 0 Å². The number of hydrogen-bond acceptors (Lipinski definition) is 8. The molecule has 1 amide bonds. The summed E-state index contributed by atoms with van der Waals surface area (Å²) in [7, 11) is 0. The molecule has 0 radical (unpaired) electrons. The van der Waals surface area contributed by atoms with Gasteiger partial charge in [-0.3, -0.25) is 14.2 Å². The van der Waals surface area contributed by atoms with Gasteiger partial charge in [0.15, 0.2) is 5.13 Å². The van der Waals surface area contributed by atoms with E-state index in [9.17, 15) is 9.59 Å². The summed E-state index contributed by atoms with van der Waals surface area (Å²) in [6.07, 6.45) is 1.75. The van der Waals surface area contributed by atoms with Crippen LogP contribution in [0.3, 0.4) is 0 Å². The van der Waals surface area contributed by atoms with Gasteiger partial charge in [0.05, 0.1) is 29.2 Å². The first-order valence-electron chi connectivity index (χ1n) is 11.3. The average Bonchev–Trinajstić information content (AvgIpc) is 3.60. The summed E-state index contributed by atoms with van der Waals surface area (Å²) < 4.78 is 7.16. The normalized spacial score (nSPS) is 15.6. The van der Waals surface area contributed by atoms with Gasteiger partial charge in [-0.1, -0.05) is 12.1 Å². The number of thiophene rings is 1. The maximum atomic E-state index is 13.0. The van der Waals surface area contributed by atoms with Crippen LogP contribution in [0.15, 0.2) is 34.4 Å². The van der Waals surface area contributed by atoms with Gasteiger partial charge in [0.1, 0.15) is 10.7 Å². The topological polar surface area (TPSA) is 89.3 Å². The molecule has 2 aliphatic rings. The number of carbonyl (C=O) groups excluding carboxylic acids is 1. The molecule has 1 fully saturated rings. The maximum absolute atomic E-state index is 13.0. The lowest BCUT2D eigenvalue weighted by molar-refractivity contribution is 0.103. The first-order chi connectivity index (χ1) is 16.6. The molecule has 1 aromatic carbocycles. The van der Waals surface area contributed by atoms with Crippen molar-refractivity contribution in [1.29, 1.82) is 0 Å². The minimum Gasteiger partial charge on any atom is -0.378 e. The van der Waals surface area contributed by atoms with Gasteiger partial charge in [-0.25, -0.2) is 9.97 Å². The first kappa shape index (κ1) is 21.5. The Hall–Kier alpha value is -3.08. The van der Waals surface area contributed by atoms with Crippen molar-refractivity contribution in [2.75, 3.05) is 36.5 Å². The molecule has 0 atom stereocenters. The summed E-state index contributed by atoms with van der Waals surface area (Å²) in [5, 5.41) is 6.60. The van der Waals surface area contributed by atoms with Crippen molar-refractivity contribution in [3.63, 3.8) is 0 Å². The Labute approximate surface area is 203 Å². The van der Waals surface area contributed by atoms with Crippen molar-refractivity contribution < 1.29 is 9.53 Å². The zero-order valence-corrected chi connectivity index (χ0v) is 20.3. The number of nitrogens with zero attached hydrogens (tertiary/aromatic N) is 4. The van der Waals surface area contributed by atoms with Crippen LogP contribution in [0, 0.1) is 6.92 Å². The van der Waals surface area contributed by atoms with Gasteiger partial charge in [-0.15, -0.1) is 22.7 Å². The molecule has 10 heteroatoms. The van der Waals surface area contributed by atoms with Gasteiger partial charge in [-0.05, 0) is 31.0 Å². The third kappa shape index (κ3) is 3.71. The van der Waals surface area contributed by atoms with Gasteiger partial charge in [0.25, 0.3) is 11.5 Å². The Morgan fingerprint density at radius 3 is 2.71 bits per heavy atom. The summed E-state index contributed by atoms with van der Waals surface area (Å²) in [6.45, 7) is 5.72. The number of amides is 1. The maximum Gasteiger partial charge on any atom is 0.266 e. The number of rotatable bonds is 4. The second-order valence-corrected chi connectivity index (χ2v) is 10.3. The number of ether oxygens (including phenoxy) is 1. The Kier molecular flexibility index (Phi) is 5.43. The van der Waals surface area contributed by atoms with E-state index < -0.39 is 0 Å². The number of benzene rings is 1. The zero-order valence-electron chi connectivity index (χ0n) is 18.7. The predicted molar refractivity (Wildman–Crippen MR) is 135 cm³/mol. The van der Waals surface area contributed by atoms with Crippen molar-refractivity contribution in [2.45, 2.75) is 26.3 Å². The molecule has 1 saturated heterocycles. The Balaban J connectivity index is 1.21. The van der Waals surface area contributed by atoms with E-state index in [0.29, 0.717) is 32.9 Å². The number of aryl methyl sites for hydroxylation is 2. The second-order valence-electron chi connectivity index (χ2n) is 8.47. The smallest absolute Gasteiger partial charge is 0.266 e. The van der Waals surface area contributed by atoms with Crippen molar-refractivity contribution in [2.24, 2.45) is 0 Å². The predicted octanol–water partition coefficient (Wildman–Crippen LogP) is 3.93. The average molecular weight is 494 g/mol. The van der Waals surface area contributed by atoms with Crippen LogP contribution < -0.4 is 15.8 Å². The molecular weight excluding hydrogens is 470 g/mol. The summed E-state index contributed by atoms with van der Waals surface area (Å²) in [6, 6.07) is 7.69. The third-order valence-electron chi connectivity index (χ3n) is 6.33. The molecule has 0 unspecified atom stereocenters. The number of fused-ring (bicyclic) bond motifs is 2. The third-order valence-corrected chi connectivity index (χ3v) is 8.42. The summed E-state index contributed by atoms with van der Waals surface area (Å²) >= 11 is 2.92. The second kappa shape index (κ2) is 8.61. The fraction of sp³-hybridized carbons (Fsp3) is 0.333. The fourth-order valence-electron chi connectivity index (χ4n) is 4.50. The molecule has 174 valence electrons. The molecule has 6 rings (SSSR count). The quantitative estimate of drug-likeness (QED) is 0.464. The Bertz CT molecular complexity index is 1450. The van der Waals surface area contributed by atoms with Crippen molar-refractivity contribution in [3.8, 4) is 11.3 Å². The molecule has 0 saturated carbocycles. The fourth-order valence-corrected chi connectivity index (χ4v) is 6.48. The van der Waals surface area contributed by atoms with Gasteiger partial charge in [0, 0.05) is 42.7 Å². The van der Waals surface area contributed by atoms with Crippen LogP contribution in [-0.4, -0.2) is 46.7 Å². The highest BCUT2D eigenvalue weighted by Crippen LogP contribution is 2.31. The standard InChI is InChI=1S/C24H23N5O3S2/c1-14-19-22(27-18-3-2-8-29(18)23(19)31)34-20(14)21(30)25-16-6-4-15(5-7-16)17-13-33-24(26-17)28-9-11-32-12-10-28/h4-7,13H,2-3,8-12H2,1H3,(H,25,30). The highest BCUT2D eigenvalue weighted by atomic mass is 32.1. The number of morpholine rings is 1. The van der Waals surface area contributed by atoms with Gasteiger partial charge >= 0.3 is 0 Å². The highest BCUT2D eigenvalue weighted by molar-refractivity contribution is 7.20. The van der Waals surface area contributed by atoms with Crippen LogP contribution in [0.2, 0.25) is 0 Å². The molecule has 0 aliphatic carbocycles. The van der Waals surface area contributed by atoms with E-state index in [-0.39, 0.29) is 11.5 Å². The lowest BCUT2D eigenvalue weighted by Crippen LogP contribution is -2.36. The van der Waals surface area contributed by atoms with E-state index in [2.05, 4.69) is 20.6 Å². The minimum atomic E-state index is -0.221. The van der Waals surface area contributed by atoms with E-state index in [1.165, 1.54) is 11.3 Å². The van der Waals surface area contributed by atoms with Gasteiger partial charge < -0.3 is 15.0 Å². The molecule has 2 aliphatic heterocycles. The van der Waals surface area contributed by atoms with Crippen LogP contribution in [0.5, 0.6) is 0 Å². The zero-order chi connectivity index (χ0) is 23.2. The monoisotopic (exact) mass is 493 g/mol. The van der Waals surface area contributed by atoms with Crippen LogP contribution in [0.25, 0.3) is 21.5 Å². The number of carbonyl (C=O) groups is 1. The minimum absolute atomic E-state index is 0.0330. The lowest BCUT2D eigenvalue weighted by atomic mass is 10.1.